The smallest absolute Gasteiger partial charge is 0.259 e. The molecule has 126 valence electrons. The van der Waals surface area contributed by atoms with Gasteiger partial charge in [-0.15, -0.1) is 0 Å². The van der Waals surface area contributed by atoms with E-state index in [4.69, 9.17) is 0 Å². The Morgan fingerprint density at radius 2 is 1.92 bits per heavy atom. The minimum absolute atomic E-state index is 0.143. The monoisotopic (exact) mass is 327 g/mol. The molecule has 3 rings (SSSR count). The van der Waals surface area contributed by atoms with Crippen LogP contribution in [0.2, 0.25) is 0 Å². The fraction of sp³-hybridized carbons (Fsp3) is 0.368. The molecule has 1 unspecified atom stereocenters. The van der Waals surface area contributed by atoms with Crippen molar-refractivity contribution in [1.29, 1.82) is 0 Å². The molecular weight excluding hydrogens is 305 g/mol. The Balaban J connectivity index is 1.58. The van der Waals surface area contributed by atoms with E-state index in [1.165, 1.54) is 0 Å². The molecule has 1 aliphatic rings. The van der Waals surface area contributed by atoms with Crippen LogP contribution in [-0.4, -0.2) is 34.5 Å². The maximum atomic E-state index is 15.2. The predicted octanol–water partition coefficient (Wildman–Crippen LogP) is 2.70. The molecule has 0 saturated carbocycles. The lowest BCUT2D eigenvalue weighted by molar-refractivity contribution is -0.137. The summed E-state index contributed by atoms with van der Waals surface area (Å²) >= 11 is 0. The molecule has 0 spiro atoms. The van der Waals surface area contributed by atoms with Gasteiger partial charge in [0.05, 0.1) is 0 Å². The molecule has 0 radical (unpaired) electrons. The zero-order valence-electron chi connectivity index (χ0n) is 13.6. The Bertz CT molecular complexity index is 665. The molecule has 1 saturated heterocycles. The summed E-state index contributed by atoms with van der Waals surface area (Å²) in [6, 6.07) is 13.6. The third-order valence-corrected chi connectivity index (χ3v) is 4.38. The summed E-state index contributed by atoms with van der Waals surface area (Å²) in [6.45, 7) is 1.96. The van der Waals surface area contributed by atoms with Crippen molar-refractivity contribution in [3.8, 4) is 0 Å². The normalized spacial score (nSPS) is 21.4. The minimum atomic E-state index is -1.82. The molecule has 0 aliphatic carbocycles. The number of rotatable bonds is 5. The van der Waals surface area contributed by atoms with Crippen molar-refractivity contribution in [3.63, 3.8) is 0 Å². The Hall–Kier alpha value is -2.27. The van der Waals surface area contributed by atoms with Gasteiger partial charge in [-0.2, -0.15) is 0 Å². The molecule has 1 aromatic heterocycles. The van der Waals surface area contributed by atoms with E-state index in [1.54, 1.807) is 12.4 Å². The van der Waals surface area contributed by atoms with Crippen molar-refractivity contribution in [2.45, 2.75) is 31.6 Å². The number of amides is 1. The SMILES string of the molecule is O=C(NCc1ccncc1)C1(F)CCCN(Cc2ccccc2)C1. The zero-order chi connectivity index (χ0) is 16.8. The van der Waals surface area contributed by atoms with Gasteiger partial charge in [0.25, 0.3) is 5.91 Å². The van der Waals surface area contributed by atoms with Gasteiger partial charge in [0.1, 0.15) is 0 Å². The van der Waals surface area contributed by atoms with Crippen LogP contribution in [0.3, 0.4) is 0 Å². The van der Waals surface area contributed by atoms with Crippen LogP contribution in [0, 0.1) is 0 Å². The second-order valence-corrected chi connectivity index (χ2v) is 6.30. The summed E-state index contributed by atoms with van der Waals surface area (Å²) in [5.41, 5.74) is 0.234. The van der Waals surface area contributed by atoms with Crippen LogP contribution in [0.25, 0.3) is 0 Å². The van der Waals surface area contributed by atoms with E-state index >= 15 is 4.39 Å². The average molecular weight is 327 g/mol. The maximum absolute atomic E-state index is 15.2. The van der Waals surface area contributed by atoms with Crippen LogP contribution >= 0.6 is 0 Å². The Kier molecular flexibility index (Phi) is 5.20. The molecular formula is C19H22FN3O. The molecule has 1 atom stereocenters. The number of hydrogen-bond acceptors (Lipinski definition) is 3. The van der Waals surface area contributed by atoms with Gasteiger partial charge in [0.2, 0.25) is 5.67 Å². The molecule has 5 heteroatoms. The van der Waals surface area contributed by atoms with Gasteiger partial charge in [-0.1, -0.05) is 30.3 Å². The molecule has 1 amide bonds. The molecule has 2 heterocycles. The highest BCUT2D eigenvalue weighted by atomic mass is 19.1. The fourth-order valence-corrected chi connectivity index (χ4v) is 3.10. The second-order valence-electron chi connectivity index (χ2n) is 6.30. The lowest BCUT2D eigenvalue weighted by Crippen LogP contribution is -2.53. The number of halogens is 1. The summed E-state index contributed by atoms with van der Waals surface area (Å²) in [7, 11) is 0. The Morgan fingerprint density at radius 1 is 1.17 bits per heavy atom. The van der Waals surface area contributed by atoms with E-state index in [0.717, 1.165) is 17.7 Å². The molecule has 1 fully saturated rings. The summed E-state index contributed by atoms with van der Waals surface area (Å²) in [6.07, 6.45) is 4.29. The van der Waals surface area contributed by atoms with E-state index in [9.17, 15) is 4.79 Å². The number of benzene rings is 1. The first-order chi connectivity index (χ1) is 11.7. The van der Waals surface area contributed by atoms with Crippen LogP contribution in [0.5, 0.6) is 0 Å². The van der Waals surface area contributed by atoms with Gasteiger partial charge in [0, 0.05) is 32.0 Å². The first kappa shape index (κ1) is 16.6. The standard InChI is InChI=1S/C19H22FN3O/c20-19(18(24)22-13-16-7-10-21-11-8-16)9-4-12-23(15-19)14-17-5-2-1-3-6-17/h1-3,5-8,10-11H,4,9,12-15H2,(H,22,24). The van der Waals surface area contributed by atoms with E-state index in [2.05, 4.69) is 10.3 Å². The number of likely N-dealkylation sites (tertiary alicyclic amines) is 1. The van der Waals surface area contributed by atoms with Crippen molar-refractivity contribution >= 4 is 5.91 Å². The maximum Gasteiger partial charge on any atom is 0.259 e. The highest BCUT2D eigenvalue weighted by molar-refractivity contribution is 5.85. The summed E-state index contributed by atoms with van der Waals surface area (Å²) in [5, 5.41) is 2.73. The van der Waals surface area contributed by atoms with Gasteiger partial charge in [0.15, 0.2) is 0 Å². The number of hydrogen-bond donors (Lipinski definition) is 1. The van der Waals surface area contributed by atoms with Gasteiger partial charge in [-0.25, -0.2) is 4.39 Å². The van der Waals surface area contributed by atoms with Crippen molar-refractivity contribution < 1.29 is 9.18 Å². The average Bonchev–Trinajstić information content (AvgIpc) is 2.61. The summed E-state index contributed by atoms with van der Waals surface area (Å²) < 4.78 is 15.2. The third-order valence-electron chi connectivity index (χ3n) is 4.38. The number of nitrogens with one attached hydrogen (secondary N) is 1. The molecule has 0 bridgehead atoms. The molecule has 1 aromatic carbocycles. The molecule has 1 aliphatic heterocycles. The Morgan fingerprint density at radius 3 is 2.67 bits per heavy atom. The van der Waals surface area contributed by atoms with Crippen LogP contribution in [0.1, 0.15) is 24.0 Å². The molecule has 24 heavy (non-hydrogen) atoms. The third kappa shape index (κ3) is 4.17. The molecule has 2 aromatic rings. The lowest BCUT2D eigenvalue weighted by atomic mass is 9.93. The first-order valence-electron chi connectivity index (χ1n) is 8.28. The van der Waals surface area contributed by atoms with Gasteiger partial charge >= 0.3 is 0 Å². The summed E-state index contributed by atoms with van der Waals surface area (Å²) in [5.74, 6) is -0.517. The molecule has 1 N–H and O–H groups in total. The van der Waals surface area contributed by atoms with Crippen molar-refractivity contribution in [3.05, 3.63) is 66.0 Å². The first-order valence-corrected chi connectivity index (χ1v) is 8.28. The minimum Gasteiger partial charge on any atom is -0.349 e. The van der Waals surface area contributed by atoms with E-state index < -0.39 is 11.6 Å². The van der Waals surface area contributed by atoms with E-state index in [0.29, 0.717) is 19.5 Å². The Labute approximate surface area is 141 Å². The van der Waals surface area contributed by atoms with Gasteiger partial charge in [-0.3, -0.25) is 14.7 Å². The van der Waals surface area contributed by atoms with Crippen LogP contribution in [0.15, 0.2) is 54.9 Å². The topological polar surface area (TPSA) is 45.2 Å². The number of pyridine rings is 1. The highest BCUT2D eigenvalue weighted by Gasteiger charge is 2.42. The number of aromatic nitrogens is 1. The van der Waals surface area contributed by atoms with Crippen molar-refractivity contribution in [2.75, 3.05) is 13.1 Å². The quantitative estimate of drug-likeness (QED) is 0.918. The van der Waals surface area contributed by atoms with Crippen molar-refractivity contribution in [2.24, 2.45) is 0 Å². The fourth-order valence-electron chi connectivity index (χ4n) is 3.10. The number of nitrogens with zero attached hydrogens (tertiary/aromatic N) is 2. The summed E-state index contributed by atoms with van der Waals surface area (Å²) in [4.78, 5) is 18.3. The number of carbonyl (C=O) groups excluding carboxylic acids is 1. The number of alkyl halides is 1. The van der Waals surface area contributed by atoms with Crippen LogP contribution in [0.4, 0.5) is 4.39 Å². The van der Waals surface area contributed by atoms with Crippen LogP contribution in [-0.2, 0) is 17.9 Å². The van der Waals surface area contributed by atoms with Crippen molar-refractivity contribution in [1.82, 2.24) is 15.2 Å². The molecule has 4 nitrogen and oxygen atoms in total. The van der Waals surface area contributed by atoms with E-state index in [1.807, 2.05) is 47.4 Å². The van der Waals surface area contributed by atoms with Gasteiger partial charge in [-0.05, 0) is 42.6 Å². The predicted molar refractivity (Wildman–Crippen MR) is 90.9 cm³/mol. The second kappa shape index (κ2) is 7.53. The number of piperidine rings is 1. The van der Waals surface area contributed by atoms with Crippen LogP contribution < -0.4 is 5.32 Å². The van der Waals surface area contributed by atoms with Gasteiger partial charge < -0.3 is 5.32 Å². The highest BCUT2D eigenvalue weighted by Crippen LogP contribution is 2.27. The largest absolute Gasteiger partial charge is 0.349 e. The van der Waals surface area contributed by atoms with E-state index in [-0.39, 0.29) is 13.0 Å². The lowest BCUT2D eigenvalue weighted by Gasteiger charge is -2.36. The number of carbonyl (C=O) groups is 1. The zero-order valence-corrected chi connectivity index (χ0v) is 13.6.